The largest absolute Gasteiger partial charge is 0.418 e. The minimum Gasteiger partial charge on any atom is -0.348 e. The molecule has 2 fully saturated rings. The van der Waals surface area contributed by atoms with E-state index in [0.29, 0.717) is 25.7 Å². The maximum Gasteiger partial charge on any atom is 0.418 e. The van der Waals surface area contributed by atoms with Crippen molar-refractivity contribution >= 4 is 17.8 Å². The second kappa shape index (κ2) is 6.01. The van der Waals surface area contributed by atoms with E-state index in [1.807, 2.05) is 0 Å². The van der Waals surface area contributed by atoms with E-state index < -0.39 is 46.9 Å². The first-order valence-electron chi connectivity index (χ1n) is 7.68. The number of pyridine rings is 1. The van der Waals surface area contributed by atoms with Gasteiger partial charge in [0.05, 0.1) is 5.56 Å². The molecule has 3 N–H and O–H groups in total. The minimum atomic E-state index is -4.68. The average molecular weight is 356 g/mol. The van der Waals surface area contributed by atoms with Gasteiger partial charge in [0.1, 0.15) is 11.2 Å². The van der Waals surface area contributed by atoms with Crippen molar-refractivity contribution in [3.63, 3.8) is 0 Å². The topological polar surface area (TPSA) is 100 Å². The molecule has 1 saturated carbocycles. The molecular formula is C15H15F3N4O3. The molecule has 7 nitrogen and oxygen atoms in total. The van der Waals surface area contributed by atoms with E-state index in [-0.39, 0.29) is 0 Å². The molecule has 10 heteroatoms. The van der Waals surface area contributed by atoms with Gasteiger partial charge in [-0.2, -0.15) is 13.2 Å². The lowest BCUT2D eigenvalue weighted by atomic mass is 9.79. The van der Waals surface area contributed by atoms with Crippen LogP contribution in [0.1, 0.15) is 41.7 Å². The molecule has 1 aromatic rings. The molecule has 0 radical (unpaired) electrons. The fourth-order valence-electron chi connectivity index (χ4n) is 3.20. The number of urea groups is 1. The highest BCUT2D eigenvalue weighted by Gasteiger charge is 2.48. The third-order valence-corrected chi connectivity index (χ3v) is 4.52. The Balaban J connectivity index is 1.66. The highest BCUT2D eigenvalue weighted by atomic mass is 19.4. The van der Waals surface area contributed by atoms with Gasteiger partial charge in [0.15, 0.2) is 0 Å². The average Bonchev–Trinajstić information content (AvgIpc) is 2.82. The van der Waals surface area contributed by atoms with Crippen molar-refractivity contribution in [3.05, 3.63) is 29.6 Å². The molecule has 0 atom stereocenters. The fraction of sp³-hybridized carbons (Fsp3) is 0.467. The Morgan fingerprint density at radius 1 is 1.28 bits per heavy atom. The fourth-order valence-corrected chi connectivity index (χ4v) is 3.20. The predicted molar refractivity (Wildman–Crippen MR) is 78.4 cm³/mol. The molecule has 4 amide bonds. The Hall–Kier alpha value is -2.65. The first-order chi connectivity index (χ1) is 11.7. The molecule has 3 rings (SSSR count). The van der Waals surface area contributed by atoms with E-state index >= 15 is 0 Å². The van der Waals surface area contributed by atoms with Gasteiger partial charge in [-0.25, -0.2) is 4.79 Å². The Labute approximate surface area is 140 Å². The zero-order chi connectivity index (χ0) is 18.2. The Kier molecular flexibility index (Phi) is 4.13. The smallest absolute Gasteiger partial charge is 0.348 e. The summed E-state index contributed by atoms with van der Waals surface area (Å²) in [6, 6.07) is 0.962. The molecule has 1 saturated heterocycles. The highest BCUT2D eigenvalue weighted by Crippen LogP contribution is 2.33. The molecule has 0 bridgehead atoms. The quantitative estimate of drug-likeness (QED) is 0.697. The van der Waals surface area contributed by atoms with Crippen LogP contribution in [0.2, 0.25) is 0 Å². The van der Waals surface area contributed by atoms with Gasteiger partial charge in [-0.15, -0.1) is 0 Å². The number of nitrogens with zero attached hydrogens (tertiary/aromatic N) is 1. The van der Waals surface area contributed by atoms with Crippen LogP contribution in [-0.4, -0.2) is 34.4 Å². The van der Waals surface area contributed by atoms with Crippen molar-refractivity contribution in [1.29, 1.82) is 0 Å². The van der Waals surface area contributed by atoms with Crippen molar-refractivity contribution in [2.75, 3.05) is 0 Å². The van der Waals surface area contributed by atoms with Crippen LogP contribution in [0.25, 0.3) is 0 Å². The molecule has 1 aromatic heterocycles. The lowest BCUT2D eigenvalue weighted by molar-refractivity contribution is -0.138. The van der Waals surface area contributed by atoms with Crippen LogP contribution in [-0.2, 0) is 11.0 Å². The summed E-state index contributed by atoms with van der Waals surface area (Å²) in [5.41, 5.74) is -2.76. The van der Waals surface area contributed by atoms with E-state index in [0.717, 1.165) is 18.3 Å². The zero-order valence-corrected chi connectivity index (χ0v) is 12.9. The monoisotopic (exact) mass is 356 g/mol. The third kappa shape index (κ3) is 3.28. The first kappa shape index (κ1) is 17.2. The number of carbonyl (C=O) groups is 3. The second-order valence-corrected chi connectivity index (χ2v) is 6.14. The molecule has 1 aliphatic carbocycles. The molecule has 0 unspecified atom stereocenters. The van der Waals surface area contributed by atoms with Gasteiger partial charge >= 0.3 is 12.2 Å². The van der Waals surface area contributed by atoms with Crippen molar-refractivity contribution < 1.29 is 27.6 Å². The van der Waals surface area contributed by atoms with Crippen molar-refractivity contribution in [1.82, 2.24) is 20.9 Å². The van der Waals surface area contributed by atoms with Crippen LogP contribution in [0.3, 0.4) is 0 Å². The standard InChI is InChI=1S/C15H15F3N4O3/c16-15(17,18)9-2-1-7-19-10(9)11(23)20-8-3-5-14(6-4-8)12(24)21-13(25)22-14/h1-2,7-8H,3-6H2,(H,20,23)(H2,21,22,24,25). The maximum atomic E-state index is 13.0. The van der Waals surface area contributed by atoms with E-state index in [1.54, 1.807) is 0 Å². The summed E-state index contributed by atoms with van der Waals surface area (Å²) in [7, 11) is 0. The maximum absolute atomic E-state index is 13.0. The number of carbonyl (C=O) groups excluding carboxylic acids is 3. The number of hydrogen-bond acceptors (Lipinski definition) is 4. The first-order valence-corrected chi connectivity index (χ1v) is 7.68. The number of nitrogens with one attached hydrogen (secondary N) is 3. The molecule has 25 heavy (non-hydrogen) atoms. The van der Waals surface area contributed by atoms with Crippen LogP contribution in [0.5, 0.6) is 0 Å². The van der Waals surface area contributed by atoms with E-state index in [2.05, 4.69) is 20.9 Å². The van der Waals surface area contributed by atoms with Crippen molar-refractivity contribution in [2.45, 2.75) is 43.4 Å². The normalized spacial score (nSPS) is 26.3. The minimum absolute atomic E-state index is 0.296. The SMILES string of the molecule is O=C1NC(=O)C2(CCC(NC(=O)c3ncccc3C(F)(F)F)CC2)N1. The molecule has 134 valence electrons. The number of halogens is 3. The van der Waals surface area contributed by atoms with Crippen molar-refractivity contribution in [3.8, 4) is 0 Å². The number of rotatable bonds is 2. The Morgan fingerprint density at radius 2 is 1.96 bits per heavy atom. The van der Waals surface area contributed by atoms with Crippen LogP contribution in [0.15, 0.2) is 18.3 Å². The lowest BCUT2D eigenvalue weighted by Gasteiger charge is -2.34. The van der Waals surface area contributed by atoms with E-state index in [4.69, 9.17) is 0 Å². The van der Waals surface area contributed by atoms with Gasteiger partial charge in [-0.05, 0) is 37.8 Å². The third-order valence-electron chi connectivity index (χ3n) is 4.52. The van der Waals surface area contributed by atoms with Gasteiger partial charge in [-0.3, -0.25) is 19.9 Å². The zero-order valence-electron chi connectivity index (χ0n) is 12.9. The molecule has 1 spiro atoms. The summed E-state index contributed by atoms with van der Waals surface area (Å²) in [6.45, 7) is 0. The summed E-state index contributed by atoms with van der Waals surface area (Å²) in [6.07, 6.45) is -2.25. The summed E-state index contributed by atoms with van der Waals surface area (Å²) < 4.78 is 38.9. The van der Waals surface area contributed by atoms with Crippen LogP contribution in [0, 0.1) is 0 Å². The summed E-state index contributed by atoms with van der Waals surface area (Å²) in [5.74, 6) is -1.32. The second-order valence-electron chi connectivity index (χ2n) is 6.14. The van der Waals surface area contributed by atoms with Crippen LogP contribution < -0.4 is 16.0 Å². The molecule has 1 aliphatic heterocycles. The van der Waals surface area contributed by atoms with E-state index in [9.17, 15) is 27.6 Å². The van der Waals surface area contributed by atoms with Gasteiger partial charge in [0.25, 0.3) is 11.8 Å². The number of aromatic nitrogens is 1. The van der Waals surface area contributed by atoms with Crippen LogP contribution in [0.4, 0.5) is 18.0 Å². The van der Waals surface area contributed by atoms with Gasteiger partial charge in [0, 0.05) is 12.2 Å². The molecule has 0 aromatic carbocycles. The van der Waals surface area contributed by atoms with E-state index in [1.165, 1.54) is 0 Å². The number of imide groups is 1. The molecular weight excluding hydrogens is 341 g/mol. The number of alkyl halides is 3. The molecule has 2 heterocycles. The predicted octanol–water partition coefficient (Wildman–Crippen LogP) is 1.35. The van der Waals surface area contributed by atoms with Gasteiger partial charge < -0.3 is 10.6 Å². The van der Waals surface area contributed by atoms with Crippen LogP contribution >= 0.6 is 0 Å². The van der Waals surface area contributed by atoms with Crippen molar-refractivity contribution in [2.24, 2.45) is 0 Å². The molecule has 2 aliphatic rings. The summed E-state index contributed by atoms with van der Waals surface area (Å²) >= 11 is 0. The van der Waals surface area contributed by atoms with Gasteiger partial charge in [-0.1, -0.05) is 0 Å². The number of amides is 4. The highest BCUT2D eigenvalue weighted by molar-refractivity contribution is 6.07. The number of hydrogen-bond donors (Lipinski definition) is 3. The summed E-state index contributed by atoms with van der Waals surface area (Å²) in [4.78, 5) is 38.9. The Morgan fingerprint density at radius 3 is 2.52 bits per heavy atom. The summed E-state index contributed by atoms with van der Waals surface area (Å²) in [5, 5.41) is 7.29. The van der Waals surface area contributed by atoms with Gasteiger partial charge in [0.2, 0.25) is 0 Å². The Bertz CT molecular complexity index is 727. The lowest BCUT2D eigenvalue weighted by Crippen LogP contribution is -2.52.